The number of benzene rings is 1. The van der Waals surface area contributed by atoms with Crippen LogP contribution in [0.5, 0.6) is 0 Å². The van der Waals surface area contributed by atoms with Crippen LogP contribution < -0.4 is 5.32 Å². The fraction of sp³-hybridized carbons (Fsp3) is 0.667. The van der Waals surface area contributed by atoms with Crippen LogP contribution in [-0.4, -0.2) is 42.3 Å². The minimum atomic E-state index is 0.326. The predicted molar refractivity (Wildman–Crippen MR) is 88.2 cm³/mol. The van der Waals surface area contributed by atoms with Crippen LogP contribution >= 0.6 is 0 Å². The third-order valence-corrected chi connectivity index (χ3v) is 4.36. The molecule has 21 heavy (non-hydrogen) atoms. The number of piperidine rings is 1. The van der Waals surface area contributed by atoms with Gasteiger partial charge in [-0.15, -0.1) is 0 Å². The van der Waals surface area contributed by atoms with Crippen molar-refractivity contribution in [2.45, 2.75) is 45.2 Å². The molecule has 2 unspecified atom stereocenters. The average Bonchev–Trinajstić information content (AvgIpc) is 2.52. The van der Waals surface area contributed by atoms with Crippen LogP contribution in [0.25, 0.3) is 0 Å². The summed E-state index contributed by atoms with van der Waals surface area (Å²) in [5.41, 5.74) is 1.36. The molecule has 0 aliphatic carbocycles. The highest BCUT2D eigenvalue weighted by molar-refractivity contribution is 5.14. The maximum atomic E-state index is 9.05. The number of aliphatic hydroxyl groups is 1. The first-order valence-corrected chi connectivity index (χ1v) is 8.42. The van der Waals surface area contributed by atoms with E-state index in [1.54, 1.807) is 0 Å². The number of rotatable bonds is 8. The van der Waals surface area contributed by atoms with Gasteiger partial charge in [0.1, 0.15) is 0 Å². The Bertz CT molecular complexity index is 382. The van der Waals surface area contributed by atoms with Gasteiger partial charge in [0, 0.05) is 32.3 Å². The number of likely N-dealkylation sites (tertiary alicyclic amines) is 1. The fourth-order valence-electron chi connectivity index (χ4n) is 3.40. The largest absolute Gasteiger partial charge is 0.396 e. The predicted octanol–water partition coefficient (Wildman–Crippen LogP) is 2.65. The number of hydrogen-bond acceptors (Lipinski definition) is 3. The molecule has 0 bridgehead atoms. The lowest BCUT2D eigenvalue weighted by atomic mass is 9.90. The Morgan fingerprint density at radius 3 is 2.76 bits per heavy atom. The molecule has 1 fully saturated rings. The van der Waals surface area contributed by atoms with E-state index in [1.807, 2.05) is 0 Å². The van der Waals surface area contributed by atoms with E-state index in [4.69, 9.17) is 5.11 Å². The molecule has 0 amide bonds. The molecule has 1 aliphatic heterocycles. The highest BCUT2D eigenvalue weighted by Gasteiger charge is 2.26. The molecule has 1 aromatic rings. The molecule has 1 heterocycles. The smallest absolute Gasteiger partial charge is 0.0431 e. The number of aliphatic hydroxyl groups excluding tert-OH is 1. The zero-order valence-electron chi connectivity index (χ0n) is 13.3. The van der Waals surface area contributed by atoms with Crippen molar-refractivity contribution in [2.75, 3.05) is 26.2 Å². The average molecular weight is 290 g/mol. The molecule has 1 aliphatic rings. The van der Waals surface area contributed by atoms with Crippen LogP contribution in [0.1, 0.15) is 38.2 Å². The molecule has 0 saturated carbocycles. The molecule has 2 atom stereocenters. The molecule has 1 aromatic carbocycles. The Labute approximate surface area is 129 Å². The van der Waals surface area contributed by atoms with Crippen molar-refractivity contribution < 1.29 is 5.11 Å². The van der Waals surface area contributed by atoms with Crippen molar-refractivity contribution in [3.05, 3.63) is 35.9 Å². The van der Waals surface area contributed by atoms with Gasteiger partial charge in [-0.3, -0.25) is 0 Å². The fourth-order valence-corrected chi connectivity index (χ4v) is 3.40. The van der Waals surface area contributed by atoms with Crippen molar-refractivity contribution >= 4 is 0 Å². The zero-order chi connectivity index (χ0) is 14.9. The summed E-state index contributed by atoms with van der Waals surface area (Å²) >= 11 is 0. The summed E-state index contributed by atoms with van der Waals surface area (Å²) in [6.07, 6.45) is 4.56. The quantitative estimate of drug-likeness (QED) is 0.772. The van der Waals surface area contributed by atoms with Gasteiger partial charge in [0.2, 0.25) is 0 Å². The van der Waals surface area contributed by atoms with Crippen molar-refractivity contribution in [1.82, 2.24) is 10.2 Å². The van der Waals surface area contributed by atoms with Gasteiger partial charge < -0.3 is 15.3 Å². The Morgan fingerprint density at radius 1 is 1.24 bits per heavy atom. The van der Waals surface area contributed by atoms with Gasteiger partial charge in [-0.1, -0.05) is 37.3 Å². The molecule has 2 rings (SSSR count). The minimum Gasteiger partial charge on any atom is -0.396 e. The van der Waals surface area contributed by atoms with E-state index in [1.165, 1.54) is 31.5 Å². The van der Waals surface area contributed by atoms with Crippen LogP contribution in [0.4, 0.5) is 0 Å². The van der Waals surface area contributed by atoms with Crippen molar-refractivity contribution in [1.29, 1.82) is 0 Å². The van der Waals surface area contributed by atoms with Crippen molar-refractivity contribution in [2.24, 2.45) is 5.92 Å². The van der Waals surface area contributed by atoms with Crippen molar-refractivity contribution in [3.8, 4) is 0 Å². The second kappa shape index (κ2) is 9.19. The highest BCUT2D eigenvalue weighted by Crippen LogP contribution is 2.22. The standard InChI is InChI=1S/C18H30N2O/c1-2-10-20-14-17(9-6-11-21)12-18(15-20)19-13-16-7-4-3-5-8-16/h3-5,7-8,17-19,21H,2,6,9-15H2,1H3. The number of hydrogen-bond donors (Lipinski definition) is 2. The zero-order valence-corrected chi connectivity index (χ0v) is 13.3. The number of nitrogens with one attached hydrogen (secondary N) is 1. The molecule has 0 spiro atoms. The molecule has 2 N–H and O–H groups in total. The molecular formula is C18H30N2O. The first-order valence-electron chi connectivity index (χ1n) is 8.42. The maximum absolute atomic E-state index is 9.05. The number of nitrogens with zero attached hydrogens (tertiary/aromatic N) is 1. The first kappa shape index (κ1) is 16.5. The Balaban J connectivity index is 1.84. The second-order valence-corrected chi connectivity index (χ2v) is 6.29. The van der Waals surface area contributed by atoms with Gasteiger partial charge in [0.05, 0.1) is 0 Å². The molecule has 1 saturated heterocycles. The van der Waals surface area contributed by atoms with Gasteiger partial charge in [-0.05, 0) is 43.7 Å². The third-order valence-electron chi connectivity index (χ3n) is 4.36. The Hall–Kier alpha value is -0.900. The van der Waals surface area contributed by atoms with E-state index >= 15 is 0 Å². The second-order valence-electron chi connectivity index (χ2n) is 6.29. The van der Waals surface area contributed by atoms with Crippen molar-refractivity contribution in [3.63, 3.8) is 0 Å². The summed E-state index contributed by atoms with van der Waals surface area (Å²) in [5, 5.41) is 12.8. The lowest BCUT2D eigenvalue weighted by Gasteiger charge is -2.38. The molecular weight excluding hydrogens is 260 g/mol. The van der Waals surface area contributed by atoms with Crippen LogP contribution in [0.3, 0.4) is 0 Å². The minimum absolute atomic E-state index is 0.326. The van der Waals surface area contributed by atoms with Crippen LogP contribution in [-0.2, 0) is 6.54 Å². The summed E-state index contributed by atoms with van der Waals surface area (Å²) in [6, 6.07) is 11.2. The first-order chi connectivity index (χ1) is 10.3. The molecule has 0 radical (unpaired) electrons. The third kappa shape index (κ3) is 5.77. The van der Waals surface area contributed by atoms with Gasteiger partial charge in [-0.25, -0.2) is 0 Å². The normalized spacial score (nSPS) is 23.3. The maximum Gasteiger partial charge on any atom is 0.0431 e. The molecule has 0 aromatic heterocycles. The summed E-state index contributed by atoms with van der Waals surface area (Å²) in [4.78, 5) is 2.59. The monoisotopic (exact) mass is 290 g/mol. The van der Waals surface area contributed by atoms with E-state index < -0.39 is 0 Å². The van der Waals surface area contributed by atoms with E-state index in [0.29, 0.717) is 12.6 Å². The van der Waals surface area contributed by atoms with Crippen LogP contribution in [0.2, 0.25) is 0 Å². The van der Waals surface area contributed by atoms with E-state index in [0.717, 1.165) is 31.8 Å². The summed E-state index contributed by atoms with van der Waals surface area (Å²) in [6.45, 7) is 7.10. The molecule has 3 nitrogen and oxygen atoms in total. The summed E-state index contributed by atoms with van der Waals surface area (Å²) in [5.74, 6) is 0.728. The lowest BCUT2D eigenvalue weighted by molar-refractivity contribution is 0.129. The Kier molecular flexibility index (Phi) is 7.20. The Morgan fingerprint density at radius 2 is 2.05 bits per heavy atom. The summed E-state index contributed by atoms with van der Waals surface area (Å²) < 4.78 is 0. The van der Waals surface area contributed by atoms with Gasteiger partial charge in [-0.2, -0.15) is 0 Å². The van der Waals surface area contributed by atoms with Crippen LogP contribution in [0.15, 0.2) is 30.3 Å². The molecule has 118 valence electrons. The van der Waals surface area contributed by atoms with Crippen LogP contribution in [0, 0.1) is 5.92 Å². The topological polar surface area (TPSA) is 35.5 Å². The van der Waals surface area contributed by atoms with Gasteiger partial charge in [0.15, 0.2) is 0 Å². The van der Waals surface area contributed by atoms with E-state index in [9.17, 15) is 0 Å². The van der Waals surface area contributed by atoms with E-state index in [-0.39, 0.29) is 0 Å². The van der Waals surface area contributed by atoms with Gasteiger partial charge >= 0.3 is 0 Å². The lowest BCUT2D eigenvalue weighted by Crippen LogP contribution is -2.49. The summed E-state index contributed by atoms with van der Waals surface area (Å²) in [7, 11) is 0. The highest BCUT2D eigenvalue weighted by atomic mass is 16.2. The van der Waals surface area contributed by atoms with Gasteiger partial charge in [0.25, 0.3) is 0 Å². The van der Waals surface area contributed by atoms with E-state index in [2.05, 4.69) is 47.5 Å². The SMILES string of the molecule is CCCN1CC(CCCO)CC(NCc2ccccc2)C1. The molecule has 3 heteroatoms.